The smallest absolute Gasteiger partial charge is 0.422 e. The fraction of sp³-hybridized carbons (Fsp3) is 0.818. The predicted molar refractivity (Wildman–Crippen MR) is 64.1 cm³/mol. The summed E-state index contributed by atoms with van der Waals surface area (Å²) in [6, 6.07) is -0.225. The highest BCUT2D eigenvalue weighted by Gasteiger charge is 2.30. The van der Waals surface area contributed by atoms with Crippen LogP contribution < -0.4 is 10.6 Å². The van der Waals surface area contributed by atoms with Crippen molar-refractivity contribution in [1.82, 2.24) is 15.5 Å². The Morgan fingerprint density at radius 1 is 1.30 bits per heavy atom. The number of hydrogen-bond acceptors (Lipinski definition) is 4. The molecule has 1 heterocycles. The Balaban J connectivity index is 2.22. The van der Waals surface area contributed by atoms with Gasteiger partial charge in [0.1, 0.15) is 0 Å². The van der Waals surface area contributed by atoms with Crippen molar-refractivity contribution in [3.8, 4) is 0 Å². The second kappa shape index (κ2) is 7.32. The molecule has 0 aliphatic carbocycles. The zero-order valence-corrected chi connectivity index (χ0v) is 11.1. The number of likely N-dealkylation sites (tertiary alicyclic amines) is 1. The van der Waals surface area contributed by atoms with Crippen LogP contribution in [0.25, 0.3) is 0 Å². The van der Waals surface area contributed by atoms with Gasteiger partial charge in [0, 0.05) is 26.2 Å². The van der Waals surface area contributed by atoms with Crippen molar-refractivity contribution in [2.45, 2.75) is 25.1 Å². The lowest BCUT2D eigenvalue weighted by Gasteiger charge is -2.31. The quantitative estimate of drug-likeness (QED) is 0.792. The maximum Gasteiger partial charge on any atom is 0.422 e. The average molecular weight is 297 g/mol. The van der Waals surface area contributed by atoms with E-state index in [1.54, 1.807) is 7.05 Å². The van der Waals surface area contributed by atoms with Gasteiger partial charge in [-0.15, -0.1) is 0 Å². The molecule has 9 heteroatoms. The monoisotopic (exact) mass is 297 g/mol. The van der Waals surface area contributed by atoms with Crippen LogP contribution in [-0.4, -0.2) is 62.4 Å². The number of likely N-dealkylation sites (N-methyl/N-ethyl adjacent to an activating group) is 1. The van der Waals surface area contributed by atoms with Gasteiger partial charge in [0.25, 0.3) is 0 Å². The molecule has 1 fully saturated rings. The number of alkyl halides is 3. The zero-order chi connectivity index (χ0) is 15.2. The summed E-state index contributed by atoms with van der Waals surface area (Å²) < 4.78 is 39.6. The highest BCUT2D eigenvalue weighted by atomic mass is 19.4. The van der Waals surface area contributed by atoms with Crippen LogP contribution in [-0.2, 0) is 9.53 Å². The maximum absolute atomic E-state index is 11.9. The maximum atomic E-state index is 11.9. The second-order valence-corrected chi connectivity index (χ2v) is 4.56. The standard InChI is InChI=1S/C11H18F3N3O3/c1-15-9(18)6-17-4-2-8(3-5-17)16-10(19)20-7-11(12,13)14/h8H,2-7H2,1H3,(H,15,18)(H,16,19). The van der Waals surface area contributed by atoms with E-state index in [4.69, 9.17) is 0 Å². The molecule has 0 aromatic rings. The summed E-state index contributed by atoms with van der Waals surface area (Å²) in [5, 5.41) is 4.90. The molecule has 1 rings (SSSR count). The van der Waals surface area contributed by atoms with E-state index in [0.29, 0.717) is 25.9 Å². The van der Waals surface area contributed by atoms with Gasteiger partial charge in [0.05, 0.1) is 6.54 Å². The van der Waals surface area contributed by atoms with Crippen LogP contribution in [0.1, 0.15) is 12.8 Å². The number of rotatable bonds is 4. The number of hydrogen-bond donors (Lipinski definition) is 2. The third kappa shape index (κ3) is 6.60. The summed E-state index contributed by atoms with van der Waals surface area (Å²) in [5.74, 6) is -0.0963. The Kier molecular flexibility index (Phi) is 6.05. The number of carbonyl (C=O) groups is 2. The normalized spacial score (nSPS) is 17.6. The van der Waals surface area contributed by atoms with Crippen molar-refractivity contribution in [3.05, 3.63) is 0 Å². The molecule has 0 unspecified atom stereocenters. The fourth-order valence-electron chi connectivity index (χ4n) is 1.87. The van der Waals surface area contributed by atoms with Gasteiger partial charge in [-0.25, -0.2) is 4.79 Å². The van der Waals surface area contributed by atoms with E-state index >= 15 is 0 Å². The topological polar surface area (TPSA) is 70.7 Å². The first kappa shape index (κ1) is 16.5. The van der Waals surface area contributed by atoms with E-state index in [0.717, 1.165) is 0 Å². The zero-order valence-electron chi connectivity index (χ0n) is 11.1. The fourth-order valence-corrected chi connectivity index (χ4v) is 1.87. The molecule has 20 heavy (non-hydrogen) atoms. The number of carbonyl (C=O) groups excluding carboxylic acids is 2. The van der Waals surface area contributed by atoms with Gasteiger partial charge in [-0.2, -0.15) is 13.2 Å². The molecule has 2 N–H and O–H groups in total. The highest BCUT2D eigenvalue weighted by molar-refractivity contribution is 5.77. The van der Waals surface area contributed by atoms with Gasteiger partial charge in [0.15, 0.2) is 6.61 Å². The second-order valence-electron chi connectivity index (χ2n) is 4.56. The molecule has 0 saturated carbocycles. The van der Waals surface area contributed by atoms with Crippen LogP contribution in [0.5, 0.6) is 0 Å². The molecule has 1 saturated heterocycles. The summed E-state index contributed by atoms with van der Waals surface area (Å²) in [6.45, 7) is -0.120. The van der Waals surface area contributed by atoms with Crippen molar-refractivity contribution < 1.29 is 27.5 Å². The third-order valence-corrected chi connectivity index (χ3v) is 2.92. The van der Waals surface area contributed by atoms with E-state index in [1.165, 1.54) is 0 Å². The van der Waals surface area contributed by atoms with Crippen molar-refractivity contribution >= 4 is 12.0 Å². The van der Waals surface area contributed by atoms with Crippen LogP contribution in [0.3, 0.4) is 0 Å². The van der Waals surface area contributed by atoms with Crippen LogP contribution in [0.15, 0.2) is 0 Å². The third-order valence-electron chi connectivity index (χ3n) is 2.92. The van der Waals surface area contributed by atoms with Gasteiger partial charge < -0.3 is 15.4 Å². The number of ether oxygens (including phenoxy) is 1. The Morgan fingerprint density at radius 2 is 1.90 bits per heavy atom. The number of amides is 2. The summed E-state index contributed by atoms with van der Waals surface area (Å²) in [4.78, 5) is 24.2. The Hall–Kier alpha value is -1.51. The van der Waals surface area contributed by atoms with Crippen LogP contribution in [0.4, 0.5) is 18.0 Å². The summed E-state index contributed by atoms with van der Waals surface area (Å²) >= 11 is 0. The van der Waals surface area contributed by atoms with Gasteiger partial charge in [-0.3, -0.25) is 9.69 Å². The average Bonchev–Trinajstić information content (AvgIpc) is 2.38. The van der Waals surface area contributed by atoms with E-state index in [-0.39, 0.29) is 18.5 Å². The predicted octanol–water partition coefficient (Wildman–Crippen LogP) is 0.485. The van der Waals surface area contributed by atoms with Gasteiger partial charge in [-0.05, 0) is 12.8 Å². The van der Waals surface area contributed by atoms with Crippen molar-refractivity contribution in [2.75, 3.05) is 33.3 Å². The molecular weight excluding hydrogens is 279 g/mol. The molecule has 2 amide bonds. The first-order valence-corrected chi connectivity index (χ1v) is 6.23. The molecule has 0 bridgehead atoms. The van der Waals surface area contributed by atoms with Crippen LogP contribution in [0, 0.1) is 0 Å². The van der Waals surface area contributed by atoms with E-state index in [2.05, 4.69) is 15.4 Å². The molecule has 1 aliphatic rings. The number of nitrogens with one attached hydrogen (secondary N) is 2. The van der Waals surface area contributed by atoms with E-state index in [1.807, 2.05) is 4.90 Å². The van der Waals surface area contributed by atoms with Gasteiger partial charge in [0.2, 0.25) is 5.91 Å². The van der Waals surface area contributed by atoms with Gasteiger partial charge >= 0.3 is 12.3 Å². The largest absolute Gasteiger partial charge is 0.440 e. The molecule has 0 spiro atoms. The highest BCUT2D eigenvalue weighted by Crippen LogP contribution is 2.15. The number of alkyl carbamates (subject to hydrolysis) is 1. The number of nitrogens with zero attached hydrogens (tertiary/aromatic N) is 1. The molecule has 0 atom stereocenters. The lowest BCUT2D eigenvalue weighted by Crippen LogP contribution is -2.47. The van der Waals surface area contributed by atoms with Crippen molar-refractivity contribution in [2.24, 2.45) is 0 Å². The van der Waals surface area contributed by atoms with E-state index in [9.17, 15) is 22.8 Å². The SMILES string of the molecule is CNC(=O)CN1CCC(NC(=O)OCC(F)(F)F)CC1. The lowest BCUT2D eigenvalue weighted by molar-refractivity contribution is -0.160. The van der Waals surface area contributed by atoms with Crippen molar-refractivity contribution in [3.63, 3.8) is 0 Å². The van der Waals surface area contributed by atoms with Gasteiger partial charge in [-0.1, -0.05) is 0 Å². The molecule has 1 aliphatic heterocycles. The molecular formula is C11H18F3N3O3. The minimum Gasteiger partial charge on any atom is -0.440 e. The molecule has 0 radical (unpaired) electrons. The molecule has 0 aromatic carbocycles. The number of halogens is 3. The van der Waals surface area contributed by atoms with Crippen LogP contribution in [0.2, 0.25) is 0 Å². The summed E-state index contributed by atoms with van der Waals surface area (Å²) in [7, 11) is 1.55. The molecule has 0 aromatic heterocycles. The Bertz CT molecular complexity index is 342. The van der Waals surface area contributed by atoms with Crippen LogP contribution >= 0.6 is 0 Å². The minimum atomic E-state index is -4.52. The minimum absolute atomic E-state index is 0.0963. The Labute approximate surface area is 114 Å². The van der Waals surface area contributed by atoms with Crippen molar-refractivity contribution in [1.29, 1.82) is 0 Å². The first-order chi connectivity index (χ1) is 9.30. The Morgan fingerprint density at radius 3 is 2.40 bits per heavy atom. The molecule has 6 nitrogen and oxygen atoms in total. The summed E-state index contributed by atoms with van der Waals surface area (Å²) in [5.41, 5.74) is 0. The number of piperidine rings is 1. The molecule has 116 valence electrons. The first-order valence-electron chi connectivity index (χ1n) is 6.23. The summed E-state index contributed by atoms with van der Waals surface area (Å²) in [6.07, 6.45) is -4.45. The lowest BCUT2D eigenvalue weighted by atomic mass is 10.1. The van der Waals surface area contributed by atoms with E-state index < -0.39 is 18.9 Å².